The molecule has 0 aromatic rings. The summed E-state index contributed by atoms with van der Waals surface area (Å²) >= 11 is 0. The number of hydrogen-bond acceptors (Lipinski definition) is 2. The molecule has 194 valence electrons. The van der Waals surface area contributed by atoms with Crippen molar-refractivity contribution in [3.63, 3.8) is 0 Å². The number of unbranched alkanes of at least 4 members (excludes halogenated alkanes) is 1. The minimum Gasteiger partial charge on any atom is -0.396 e. The summed E-state index contributed by atoms with van der Waals surface area (Å²) in [4.78, 5) is 0. The highest BCUT2D eigenvalue weighted by Gasteiger charge is 2.31. The molecule has 0 spiro atoms. The SMILES string of the molecule is C1CC1OC1CC1.CC(C)=CCCC(C)=CCCC(C)=CCCC=C(C)CCC=C(C)CCO. The summed E-state index contributed by atoms with van der Waals surface area (Å²) in [5.41, 5.74) is 7.22. The van der Waals surface area contributed by atoms with Gasteiger partial charge in [-0.15, -0.1) is 0 Å². The maximum absolute atomic E-state index is 8.90. The zero-order valence-electron chi connectivity index (χ0n) is 23.3. The van der Waals surface area contributed by atoms with Crippen LogP contribution in [-0.4, -0.2) is 23.9 Å². The van der Waals surface area contributed by atoms with Crippen molar-refractivity contribution in [2.45, 2.75) is 137 Å². The van der Waals surface area contributed by atoms with Gasteiger partial charge in [0.1, 0.15) is 0 Å². The summed E-state index contributed by atoms with van der Waals surface area (Å²) in [7, 11) is 0. The van der Waals surface area contributed by atoms with E-state index in [0.29, 0.717) is 12.2 Å². The molecule has 2 heteroatoms. The molecule has 2 rings (SSSR count). The topological polar surface area (TPSA) is 29.5 Å². The van der Waals surface area contributed by atoms with E-state index < -0.39 is 0 Å². The van der Waals surface area contributed by atoms with E-state index in [1.54, 1.807) is 0 Å². The van der Waals surface area contributed by atoms with Crippen LogP contribution in [0.4, 0.5) is 0 Å². The van der Waals surface area contributed by atoms with Crippen LogP contribution in [0.5, 0.6) is 0 Å². The van der Waals surface area contributed by atoms with Crippen molar-refractivity contribution in [3.8, 4) is 0 Å². The predicted molar refractivity (Wildman–Crippen MR) is 150 cm³/mol. The van der Waals surface area contributed by atoms with Crippen LogP contribution in [0.25, 0.3) is 0 Å². The number of aliphatic hydroxyl groups excluding tert-OH is 1. The molecule has 34 heavy (non-hydrogen) atoms. The lowest BCUT2D eigenvalue weighted by Gasteiger charge is -2.02. The molecule has 0 saturated heterocycles. The third-order valence-corrected chi connectivity index (χ3v) is 6.25. The second-order valence-corrected chi connectivity index (χ2v) is 10.7. The van der Waals surface area contributed by atoms with E-state index in [4.69, 9.17) is 9.84 Å². The molecule has 1 N–H and O–H groups in total. The van der Waals surface area contributed by atoms with Crippen molar-refractivity contribution in [1.29, 1.82) is 0 Å². The summed E-state index contributed by atoms with van der Waals surface area (Å²) in [6, 6.07) is 0. The Morgan fingerprint density at radius 3 is 1.26 bits per heavy atom. The van der Waals surface area contributed by atoms with Gasteiger partial charge in [-0.2, -0.15) is 0 Å². The van der Waals surface area contributed by atoms with Gasteiger partial charge in [-0.1, -0.05) is 58.2 Å². The Morgan fingerprint density at radius 1 is 0.559 bits per heavy atom. The average Bonchev–Trinajstić information content (AvgIpc) is 3.70. The van der Waals surface area contributed by atoms with Gasteiger partial charge in [0.15, 0.2) is 0 Å². The van der Waals surface area contributed by atoms with Gasteiger partial charge in [-0.05, 0) is 125 Å². The second kappa shape index (κ2) is 18.9. The fourth-order valence-corrected chi connectivity index (χ4v) is 3.61. The summed E-state index contributed by atoms with van der Waals surface area (Å²) in [5, 5.41) is 8.90. The van der Waals surface area contributed by atoms with Crippen LogP contribution in [0.1, 0.15) is 125 Å². The normalized spacial score (nSPS) is 17.4. The second-order valence-electron chi connectivity index (χ2n) is 10.7. The van der Waals surface area contributed by atoms with Gasteiger partial charge in [-0.3, -0.25) is 0 Å². The number of rotatable bonds is 16. The van der Waals surface area contributed by atoms with E-state index in [9.17, 15) is 0 Å². The Kier molecular flexibility index (Phi) is 17.0. The van der Waals surface area contributed by atoms with Crippen LogP contribution in [0.3, 0.4) is 0 Å². The van der Waals surface area contributed by atoms with Crippen molar-refractivity contribution in [2.75, 3.05) is 6.61 Å². The highest BCUT2D eigenvalue weighted by atomic mass is 16.5. The van der Waals surface area contributed by atoms with E-state index in [-0.39, 0.29) is 6.61 Å². The van der Waals surface area contributed by atoms with Gasteiger partial charge >= 0.3 is 0 Å². The molecule has 2 fully saturated rings. The highest BCUT2D eigenvalue weighted by molar-refractivity contribution is 5.07. The van der Waals surface area contributed by atoms with Gasteiger partial charge in [0.25, 0.3) is 0 Å². The Morgan fingerprint density at radius 2 is 0.912 bits per heavy atom. The predicted octanol–water partition coefficient (Wildman–Crippen LogP) is 9.57. The zero-order chi connectivity index (χ0) is 25.2. The molecule has 0 aromatic carbocycles. The molecule has 2 aliphatic rings. The number of ether oxygens (including phenoxy) is 1. The minimum absolute atomic E-state index is 0.258. The molecule has 0 amide bonds. The molecule has 0 aliphatic heterocycles. The van der Waals surface area contributed by atoms with Crippen LogP contribution in [-0.2, 0) is 4.74 Å². The molecule has 0 unspecified atom stereocenters. The Balaban J connectivity index is 0.000000682. The molecule has 0 aromatic heterocycles. The molecule has 0 bridgehead atoms. The first-order valence-corrected chi connectivity index (χ1v) is 13.8. The van der Waals surface area contributed by atoms with Gasteiger partial charge in [-0.25, -0.2) is 0 Å². The van der Waals surface area contributed by atoms with Gasteiger partial charge < -0.3 is 9.84 Å². The summed E-state index contributed by atoms with van der Waals surface area (Å²) in [6.07, 6.45) is 28.5. The first-order chi connectivity index (χ1) is 16.3. The molecule has 2 saturated carbocycles. The number of allylic oxidation sites excluding steroid dienone is 9. The summed E-state index contributed by atoms with van der Waals surface area (Å²) in [6.45, 7) is 13.4. The molecular weight excluding hydrogens is 416 g/mol. The lowest BCUT2D eigenvalue weighted by Crippen LogP contribution is -1.93. The fourth-order valence-electron chi connectivity index (χ4n) is 3.61. The van der Waals surface area contributed by atoms with E-state index in [1.165, 1.54) is 72.8 Å². The molecule has 0 atom stereocenters. The minimum atomic E-state index is 0.258. The Bertz CT molecular complexity index is 683. The van der Waals surface area contributed by atoms with E-state index in [2.05, 4.69) is 71.9 Å². The Labute approximate surface area is 212 Å². The van der Waals surface area contributed by atoms with E-state index >= 15 is 0 Å². The quantitative estimate of drug-likeness (QED) is 0.180. The van der Waals surface area contributed by atoms with Gasteiger partial charge in [0.05, 0.1) is 12.2 Å². The van der Waals surface area contributed by atoms with Gasteiger partial charge in [0.2, 0.25) is 0 Å². The monoisotopic (exact) mass is 470 g/mol. The smallest absolute Gasteiger partial charge is 0.0580 e. The maximum Gasteiger partial charge on any atom is 0.0580 e. The maximum atomic E-state index is 8.90. The molecular formula is C32H54O2. The first kappa shape index (κ1) is 30.7. The summed E-state index contributed by atoms with van der Waals surface area (Å²) < 4.78 is 5.47. The zero-order valence-corrected chi connectivity index (χ0v) is 23.3. The number of hydrogen-bond donors (Lipinski definition) is 1. The molecule has 0 heterocycles. The third-order valence-electron chi connectivity index (χ3n) is 6.25. The van der Waals surface area contributed by atoms with Crippen LogP contribution >= 0.6 is 0 Å². The van der Waals surface area contributed by atoms with Crippen molar-refractivity contribution in [3.05, 3.63) is 58.2 Å². The van der Waals surface area contributed by atoms with Gasteiger partial charge in [0, 0.05) is 6.61 Å². The largest absolute Gasteiger partial charge is 0.396 e. The van der Waals surface area contributed by atoms with Crippen LogP contribution < -0.4 is 0 Å². The van der Waals surface area contributed by atoms with Crippen molar-refractivity contribution < 1.29 is 9.84 Å². The van der Waals surface area contributed by atoms with Crippen LogP contribution in [0.15, 0.2) is 58.2 Å². The lowest BCUT2D eigenvalue weighted by molar-refractivity contribution is 0.105. The molecule has 2 nitrogen and oxygen atoms in total. The lowest BCUT2D eigenvalue weighted by atomic mass is 10.0. The highest BCUT2D eigenvalue weighted by Crippen LogP contribution is 2.33. The van der Waals surface area contributed by atoms with E-state index in [1.807, 2.05) is 0 Å². The third kappa shape index (κ3) is 20.0. The van der Waals surface area contributed by atoms with E-state index in [0.717, 1.165) is 38.5 Å². The average molecular weight is 471 g/mol. The van der Waals surface area contributed by atoms with Crippen LogP contribution in [0, 0.1) is 0 Å². The Hall–Kier alpha value is -1.38. The molecule has 0 radical (unpaired) electrons. The number of aliphatic hydroxyl groups is 1. The van der Waals surface area contributed by atoms with Crippen molar-refractivity contribution in [1.82, 2.24) is 0 Å². The first-order valence-electron chi connectivity index (χ1n) is 13.8. The standard InChI is InChI=1S/C26H44O.C6H10O/c1-22(2)12-9-15-25(5)18-10-16-23(3)13-7-8-14-24(4)17-11-19-26(6)20-21-27;1-2-5(1)7-6-3-4-6/h12-14,18-19,27H,7-11,15-17,20-21H2,1-6H3;5-6H,1-4H2. The summed E-state index contributed by atoms with van der Waals surface area (Å²) in [5.74, 6) is 0. The van der Waals surface area contributed by atoms with Crippen LogP contribution in [0.2, 0.25) is 0 Å². The fraction of sp³-hybridized carbons (Fsp3) is 0.688. The van der Waals surface area contributed by atoms with Crippen molar-refractivity contribution >= 4 is 0 Å². The van der Waals surface area contributed by atoms with Crippen molar-refractivity contribution in [2.24, 2.45) is 0 Å². The molecule has 2 aliphatic carbocycles.